The summed E-state index contributed by atoms with van der Waals surface area (Å²) < 4.78 is 8.12. The van der Waals surface area contributed by atoms with Gasteiger partial charge in [0.25, 0.3) is 0 Å². The number of ketones is 2. The molecular formula is C141H100Br3LiO5. The molecule has 2 atom stereocenters. The number of fused-ring (bicyclic) bond motifs is 27. The van der Waals surface area contributed by atoms with Gasteiger partial charge in [-0.3, -0.25) is 9.59 Å². The van der Waals surface area contributed by atoms with Gasteiger partial charge in [0.2, 0.25) is 0 Å². The number of hydrogen-bond acceptors (Lipinski definition) is 5. The molecule has 150 heavy (non-hydrogen) atoms. The second-order valence-electron chi connectivity index (χ2n) is 43.2. The van der Waals surface area contributed by atoms with E-state index >= 15 is 0 Å². The van der Waals surface area contributed by atoms with Crippen molar-refractivity contribution in [3.05, 3.63) is 492 Å². The van der Waals surface area contributed by atoms with Crippen LogP contribution in [0.15, 0.2) is 396 Å². The fourth-order valence-electron chi connectivity index (χ4n) is 27.4. The average Bonchev–Trinajstić information content (AvgIpc) is 1.21. The first-order valence-corrected chi connectivity index (χ1v) is 54.4. The van der Waals surface area contributed by atoms with Crippen LogP contribution in [0.3, 0.4) is 0 Å². The van der Waals surface area contributed by atoms with Gasteiger partial charge in [0.05, 0.1) is 0 Å². The van der Waals surface area contributed by atoms with Crippen molar-refractivity contribution in [3.8, 4) is 145 Å². The molecular weight excluding hydrogens is 2020 g/mol. The Balaban J connectivity index is 0.000000112. The van der Waals surface area contributed by atoms with Crippen molar-refractivity contribution in [2.24, 2.45) is 0 Å². The zero-order chi connectivity index (χ0) is 101. The molecule has 0 bridgehead atoms. The number of carbonyl (C=O) groups is 2. The molecule has 0 radical (unpaired) electrons. The summed E-state index contributed by atoms with van der Waals surface area (Å²) in [6.45, 7) is 21.4. The summed E-state index contributed by atoms with van der Waals surface area (Å²) in [5, 5.41) is 43.3. The van der Waals surface area contributed by atoms with E-state index in [2.05, 4.69) is 419 Å². The van der Waals surface area contributed by atoms with E-state index in [1.165, 1.54) is 207 Å². The van der Waals surface area contributed by atoms with Crippen LogP contribution in [0, 0.1) is 6.92 Å². The van der Waals surface area contributed by atoms with Crippen molar-refractivity contribution in [1.82, 2.24) is 0 Å². The van der Waals surface area contributed by atoms with Gasteiger partial charge >= 0.3 is 18.9 Å². The number of unbranched alkanes of at least 4 members (excludes halogenated alkanes) is 1. The average molecular weight is 2120 g/mol. The molecule has 10 aliphatic rings. The molecule has 0 spiro atoms. The molecule has 22 aromatic rings. The third-order valence-electron chi connectivity index (χ3n) is 34.4. The van der Waals surface area contributed by atoms with Gasteiger partial charge in [-0.05, 0) is 339 Å². The molecule has 5 nitrogen and oxygen atoms in total. The molecule has 32 rings (SSSR count). The second kappa shape index (κ2) is 34.9. The molecule has 9 aliphatic carbocycles. The molecule has 1 aliphatic heterocycles. The minimum absolute atomic E-state index is 0. The Morgan fingerprint density at radius 2 is 0.493 bits per heavy atom. The maximum absolute atomic E-state index is 14.2. The van der Waals surface area contributed by atoms with Crippen LogP contribution in [0.5, 0.6) is 0 Å². The van der Waals surface area contributed by atoms with Crippen LogP contribution in [-0.2, 0) is 32.2 Å². The molecule has 0 amide bonds. The van der Waals surface area contributed by atoms with E-state index in [-0.39, 0.29) is 46.7 Å². The first-order chi connectivity index (χ1) is 72.5. The van der Waals surface area contributed by atoms with E-state index < -0.39 is 11.2 Å². The van der Waals surface area contributed by atoms with Crippen molar-refractivity contribution in [2.75, 3.05) is 13.2 Å². The Bertz CT molecular complexity index is 9640. The summed E-state index contributed by atoms with van der Waals surface area (Å²) >= 11 is 11.1. The first kappa shape index (κ1) is 94.1. The maximum atomic E-state index is 14.2. The minimum Gasteiger partial charge on any atom is -0.381 e. The smallest absolute Gasteiger partial charge is 0.381 e. The standard InChI is InChI=1S/C55H35BrO2.C55H33Br.C23H15BrO2.C4H8O.C4H9.Li/c1-53(2)47-27-30(56)21-22-35(47)42-28-49-50(29-48(42)53)55(58,44-26-24-39-34-14-6-4-12-32(34)37-16-10-18-41(44)52(37)39)46-20-8-7-19-45(46)54(49,57)43-25-23-38-33-13-5-3-11-31(33)36-15-9-17-40(43)51(36)38;1-55(2)49-27-30(56)21-22-35(49)46-28-47-48(29-50(46)55)54(45-26-24-43-34-14-6-4-12-32(34)37-18-10-20-41(45)52(37)43)39-16-8-7-15-38(39)53(47)44-25-23-42-33-13-5-3-11-31(33)36-17-9-19-40(44)51(36)42;1-23(2)19-9-12(24)7-8-13(19)16-10-17-18(11-20(16)23)22(26)15-6-4-3-5-14(15)21(17)25;1-2-4-5-3-1;1-3-4-2;/h3-29,57-58H,1-2H3;3-29H,1-2H3;3-11H,1-2H3;1-4H2;1,3-4H2,2H3;/q;;;;-1;+1. The molecule has 1 saturated heterocycles. The van der Waals surface area contributed by atoms with E-state index in [0.29, 0.717) is 44.5 Å². The zero-order valence-electron chi connectivity index (χ0n) is 84.6. The molecule has 0 saturated carbocycles. The SMILES string of the molecule is C1CCOC1.CC1(C)c2cc(Br)ccc2-c2cc3c(-c4ccc5c6c(cccc46)-c4ccccc4-5)c4ccccc4c(-c4ccc5c6c(cccc46)-c4ccccc4-5)c3cc21.CC1(C)c2cc(Br)ccc2-c2cc3c(cc21)C(=O)c1ccccc1C3=O.CC1(C)c2cc(Br)ccc2-c2cc3c(cc21)C(O)(c1ccc2c4c(cccc14)-c1ccccc1-2)c1ccccc1C3(O)c1ccc2c3c(cccc13)-c1ccccc1-2.[CH2-]CCC.[Li+]. The molecule has 2 unspecified atom stereocenters. The van der Waals surface area contributed by atoms with E-state index in [0.717, 1.165) is 99.1 Å². The number of hydrogen-bond donors (Lipinski definition) is 2. The number of halogens is 3. The van der Waals surface area contributed by atoms with Gasteiger partial charge in [0, 0.05) is 81.8 Å². The van der Waals surface area contributed by atoms with Crippen molar-refractivity contribution >= 4 is 124 Å². The van der Waals surface area contributed by atoms with Gasteiger partial charge in [-0.2, -0.15) is 6.42 Å². The van der Waals surface area contributed by atoms with Crippen LogP contribution >= 0.6 is 47.8 Å². The van der Waals surface area contributed by atoms with Gasteiger partial charge in [-0.25, -0.2) is 0 Å². The Labute approximate surface area is 910 Å². The minimum atomic E-state index is -1.62. The number of rotatable bonds is 5. The first-order valence-electron chi connectivity index (χ1n) is 52.0. The van der Waals surface area contributed by atoms with E-state index in [1.54, 1.807) is 24.3 Å². The Hall–Kier alpha value is -14.3. The van der Waals surface area contributed by atoms with Crippen molar-refractivity contribution in [1.29, 1.82) is 0 Å². The van der Waals surface area contributed by atoms with E-state index in [4.69, 9.17) is 4.74 Å². The van der Waals surface area contributed by atoms with Crippen molar-refractivity contribution in [3.63, 3.8) is 0 Å². The molecule has 1 fully saturated rings. The number of carbonyl (C=O) groups excluding carboxylic acids is 2. The van der Waals surface area contributed by atoms with E-state index in [9.17, 15) is 19.8 Å². The predicted molar refractivity (Wildman–Crippen MR) is 626 cm³/mol. The molecule has 1 heterocycles. The summed E-state index contributed by atoms with van der Waals surface area (Å²) in [6, 6.07) is 137. The third kappa shape index (κ3) is 13.4. The molecule has 9 heteroatoms. The Morgan fingerprint density at radius 1 is 0.233 bits per heavy atom. The van der Waals surface area contributed by atoms with Crippen LogP contribution < -0.4 is 18.9 Å². The fraction of sp³-hybridized carbons (Fsp3) is 0.128. The van der Waals surface area contributed by atoms with Crippen molar-refractivity contribution < 1.29 is 43.4 Å². The number of benzene rings is 22. The normalized spacial score (nSPS) is 16.4. The predicted octanol–water partition coefficient (Wildman–Crippen LogP) is 34.2. The van der Waals surface area contributed by atoms with Crippen LogP contribution in [0.2, 0.25) is 0 Å². The topological polar surface area (TPSA) is 83.8 Å². The van der Waals surface area contributed by atoms with Gasteiger partial charge in [-0.15, -0.1) is 0 Å². The Morgan fingerprint density at radius 3 is 0.867 bits per heavy atom. The second-order valence-corrected chi connectivity index (χ2v) is 45.9. The quantitative estimate of drug-likeness (QED) is 0.102. The number of ether oxygens (including phenoxy) is 1. The largest absolute Gasteiger partial charge is 1.00 e. The zero-order valence-corrected chi connectivity index (χ0v) is 89.3. The fourth-order valence-corrected chi connectivity index (χ4v) is 28.5. The van der Waals surface area contributed by atoms with E-state index in [1.807, 2.05) is 42.5 Å². The third-order valence-corrected chi connectivity index (χ3v) is 35.9. The summed E-state index contributed by atoms with van der Waals surface area (Å²) in [7, 11) is 0. The van der Waals surface area contributed by atoms with Crippen LogP contribution in [0.25, 0.3) is 209 Å². The van der Waals surface area contributed by atoms with Gasteiger partial charge in [0.1, 0.15) is 11.2 Å². The summed E-state index contributed by atoms with van der Waals surface area (Å²) in [5.41, 5.74) is 42.3. The van der Waals surface area contributed by atoms with Crippen LogP contribution in [0.1, 0.15) is 173 Å². The summed E-state index contributed by atoms with van der Waals surface area (Å²) in [6.07, 6.45) is 4.83. The van der Waals surface area contributed by atoms with Crippen molar-refractivity contribution in [2.45, 2.75) is 102 Å². The van der Waals surface area contributed by atoms with Gasteiger partial charge in [0.15, 0.2) is 11.6 Å². The molecule has 2 N–H and O–H groups in total. The number of aliphatic hydroxyl groups is 2. The van der Waals surface area contributed by atoms with Crippen LogP contribution in [0.4, 0.5) is 0 Å². The summed E-state index contributed by atoms with van der Waals surface area (Å²) in [4.78, 5) is 26.1. The molecule has 716 valence electrons. The Kier molecular flexibility index (Phi) is 21.9. The summed E-state index contributed by atoms with van der Waals surface area (Å²) in [5.74, 6) is -0.132. The maximum Gasteiger partial charge on any atom is 1.00 e. The van der Waals surface area contributed by atoms with Gasteiger partial charge in [-0.1, -0.05) is 418 Å². The van der Waals surface area contributed by atoms with Crippen LogP contribution in [-0.4, -0.2) is 35.0 Å². The molecule has 0 aromatic heterocycles. The molecule has 22 aromatic carbocycles. The monoisotopic (exact) mass is 2120 g/mol. The van der Waals surface area contributed by atoms with Gasteiger partial charge < -0.3 is 21.9 Å².